The number of fused-ring (bicyclic) bond motifs is 1. The number of anilines is 2. The summed E-state index contributed by atoms with van der Waals surface area (Å²) >= 11 is 6.48. The predicted molar refractivity (Wildman–Crippen MR) is 153 cm³/mol. The molecule has 1 aliphatic carbocycles. The summed E-state index contributed by atoms with van der Waals surface area (Å²) in [4.78, 5) is 37.0. The number of aliphatic hydroxyl groups excluding tert-OH is 1. The Morgan fingerprint density at radius 3 is 2.72 bits per heavy atom. The predicted octanol–water partition coefficient (Wildman–Crippen LogP) is 4.92. The third kappa shape index (κ3) is 6.45. The van der Waals surface area contributed by atoms with E-state index in [0.717, 1.165) is 42.1 Å². The number of amides is 2. The molecule has 0 aliphatic heterocycles. The van der Waals surface area contributed by atoms with E-state index in [-0.39, 0.29) is 30.5 Å². The Morgan fingerprint density at radius 1 is 1.10 bits per heavy atom. The van der Waals surface area contributed by atoms with Crippen LogP contribution in [0.1, 0.15) is 36.0 Å². The van der Waals surface area contributed by atoms with Crippen LogP contribution >= 0.6 is 11.6 Å². The standard InChI is InChI=1S/C29H29ClN6O3/c30-24-17-32-29(36-27(24)23-16-31-25-8-2-1-7-22(23)25)35-21-6-3-5-20(15-21)34-28(39)18-10-12-19(13-11-18)33-26(38)9-4-14-37/h1-2,4,7-13,16-17,20-21,31,37H,3,5-6,14-15H2,(H,33,38)(H,34,39)(H,32,35,36)/t20-,21+/m0/s1. The van der Waals surface area contributed by atoms with Crippen LogP contribution in [0, 0.1) is 0 Å². The van der Waals surface area contributed by atoms with Crippen LogP contribution in [-0.2, 0) is 4.79 Å². The number of H-pyrrole nitrogens is 1. The highest BCUT2D eigenvalue weighted by Gasteiger charge is 2.25. The summed E-state index contributed by atoms with van der Waals surface area (Å²) in [7, 11) is 0. The molecule has 10 heteroatoms. The number of para-hydroxylation sites is 1. The summed E-state index contributed by atoms with van der Waals surface area (Å²) < 4.78 is 0. The minimum atomic E-state index is -0.347. The van der Waals surface area contributed by atoms with Crippen LogP contribution in [0.4, 0.5) is 11.6 Å². The molecule has 5 rings (SSSR count). The molecule has 2 aromatic carbocycles. The number of benzene rings is 2. The molecule has 2 amide bonds. The molecular weight excluding hydrogens is 516 g/mol. The van der Waals surface area contributed by atoms with E-state index in [0.29, 0.717) is 27.9 Å². The number of carbonyl (C=O) groups excluding carboxylic acids is 2. The maximum Gasteiger partial charge on any atom is 0.251 e. The van der Waals surface area contributed by atoms with Gasteiger partial charge in [-0.1, -0.05) is 35.9 Å². The highest BCUT2D eigenvalue weighted by Crippen LogP contribution is 2.32. The molecule has 39 heavy (non-hydrogen) atoms. The van der Waals surface area contributed by atoms with E-state index < -0.39 is 0 Å². The van der Waals surface area contributed by atoms with Gasteiger partial charge in [-0.3, -0.25) is 9.59 Å². The average Bonchev–Trinajstić information content (AvgIpc) is 3.37. The normalized spacial score (nSPS) is 17.3. The largest absolute Gasteiger partial charge is 0.392 e. The molecule has 0 bridgehead atoms. The molecule has 1 fully saturated rings. The molecule has 2 heterocycles. The number of nitrogens with zero attached hydrogens (tertiary/aromatic N) is 2. The Bertz CT molecular complexity index is 1500. The number of aromatic nitrogens is 3. The lowest BCUT2D eigenvalue weighted by Gasteiger charge is -2.30. The summed E-state index contributed by atoms with van der Waals surface area (Å²) in [5, 5.41) is 19.5. The Balaban J connectivity index is 1.20. The van der Waals surface area contributed by atoms with Gasteiger partial charge < -0.3 is 26.0 Å². The third-order valence-electron chi connectivity index (χ3n) is 6.72. The Morgan fingerprint density at radius 2 is 1.90 bits per heavy atom. The number of halogens is 1. The molecule has 1 saturated carbocycles. The molecule has 2 aromatic heterocycles. The van der Waals surface area contributed by atoms with Crippen molar-refractivity contribution in [1.29, 1.82) is 0 Å². The van der Waals surface area contributed by atoms with E-state index in [2.05, 4.69) is 25.9 Å². The van der Waals surface area contributed by atoms with E-state index >= 15 is 0 Å². The summed E-state index contributed by atoms with van der Waals surface area (Å²) in [5.41, 5.74) is 3.67. The first kappa shape index (κ1) is 26.4. The molecule has 0 saturated heterocycles. The lowest BCUT2D eigenvalue weighted by atomic mass is 9.91. The van der Waals surface area contributed by atoms with Crippen molar-refractivity contribution < 1.29 is 14.7 Å². The van der Waals surface area contributed by atoms with E-state index in [1.165, 1.54) is 12.2 Å². The first-order valence-corrected chi connectivity index (χ1v) is 13.2. The van der Waals surface area contributed by atoms with Gasteiger partial charge in [0.2, 0.25) is 11.9 Å². The summed E-state index contributed by atoms with van der Waals surface area (Å²) in [5.74, 6) is -0.00793. The third-order valence-corrected chi connectivity index (χ3v) is 7.00. The lowest BCUT2D eigenvalue weighted by Crippen LogP contribution is -2.42. The zero-order valence-corrected chi connectivity index (χ0v) is 21.9. The van der Waals surface area contributed by atoms with Gasteiger partial charge in [-0.25, -0.2) is 9.97 Å². The van der Waals surface area contributed by atoms with Crippen LogP contribution in [-0.4, -0.2) is 50.6 Å². The van der Waals surface area contributed by atoms with Crippen LogP contribution in [0.2, 0.25) is 5.02 Å². The highest BCUT2D eigenvalue weighted by atomic mass is 35.5. The topological polar surface area (TPSA) is 132 Å². The maximum absolute atomic E-state index is 12.9. The van der Waals surface area contributed by atoms with Crippen LogP contribution in [0.15, 0.2) is 73.1 Å². The molecule has 0 radical (unpaired) electrons. The van der Waals surface area contributed by atoms with Gasteiger partial charge in [0.15, 0.2) is 0 Å². The van der Waals surface area contributed by atoms with Gasteiger partial charge >= 0.3 is 0 Å². The number of hydrogen-bond donors (Lipinski definition) is 5. The molecule has 4 aromatic rings. The number of aliphatic hydroxyl groups is 1. The molecule has 2 atom stereocenters. The average molecular weight is 545 g/mol. The Labute approximate surface area is 230 Å². The van der Waals surface area contributed by atoms with Gasteiger partial charge in [0.05, 0.1) is 23.5 Å². The van der Waals surface area contributed by atoms with Crippen molar-refractivity contribution in [2.24, 2.45) is 0 Å². The highest BCUT2D eigenvalue weighted by molar-refractivity contribution is 6.33. The van der Waals surface area contributed by atoms with Gasteiger partial charge in [-0.2, -0.15) is 0 Å². The van der Waals surface area contributed by atoms with Gasteiger partial charge in [0.25, 0.3) is 5.91 Å². The number of carbonyl (C=O) groups is 2. The molecule has 1 aliphatic rings. The number of hydrogen-bond acceptors (Lipinski definition) is 6. The van der Waals surface area contributed by atoms with E-state index in [1.807, 2.05) is 30.5 Å². The van der Waals surface area contributed by atoms with Crippen molar-refractivity contribution in [2.45, 2.75) is 37.8 Å². The second kappa shape index (κ2) is 12.1. The summed E-state index contributed by atoms with van der Waals surface area (Å²) in [6, 6.07) is 14.8. The SMILES string of the molecule is O=C(C=CCO)Nc1ccc(C(=O)N[C@H]2CCC[C@@H](Nc3ncc(Cl)c(-c4c[nH]c5ccccc45)n3)C2)cc1. The fourth-order valence-electron chi connectivity index (χ4n) is 4.84. The Kier molecular flexibility index (Phi) is 8.19. The lowest BCUT2D eigenvalue weighted by molar-refractivity contribution is -0.111. The van der Waals surface area contributed by atoms with Crippen LogP contribution in [0.5, 0.6) is 0 Å². The number of nitrogens with one attached hydrogen (secondary N) is 4. The molecule has 0 spiro atoms. The quantitative estimate of drug-likeness (QED) is 0.200. The van der Waals surface area contributed by atoms with Crippen molar-refractivity contribution in [3.63, 3.8) is 0 Å². The van der Waals surface area contributed by atoms with Gasteiger partial charge in [-0.15, -0.1) is 0 Å². The monoisotopic (exact) mass is 544 g/mol. The first-order valence-electron chi connectivity index (χ1n) is 12.8. The fourth-order valence-corrected chi connectivity index (χ4v) is 5.04. The zero-order chi connectivity index (χ0) is 27.2. The minimum absolute atomic E-state index is 0.00661. The molecule has 5 N–H and O–H groups in total. The Hall–Kier alpha value is -4.21. The second-order valence-corrected chi connectivity index (χ2v) is 9.88. The maximum atomic E-state index is 12.9. The van der Waals surface area contributed by atoms with Gasteiger partial charge in [0.1, 0.15) is 0 Å². The zero-order valence-electron chi connectivity index (χ0n) is 21.2. The van der Waals surface area contributed by atoms with Crippen molar-refractivity contribution in [3.8, 4) is 11.3 Å². The molecular formula is C29H29ClN6O3. The molecule has 200 valence electrons. The van der Waals surface area contributed by atoms with Gasteiger partial charge in [-0.05, 0) is 56.0 Å². The van der Waals surface area contributed by atoms with Crippen LogP contribution < -0.4 is 16.0 Å². The van der Waals surface area contributed by atoms with Crippen molar-refractivity contribution in [2.75, 3.05) is 17.2 Å². The van der Waals surface area contributed by atoms with Gasteiger partial charge in [0, 0.05) is 52.1 Å². The van der Waals surface area contributed by atoms with Crippen molar-refractivity contribution in [1.82, 2.24) is 20.3 Å². The van der Waals surface area contributed by atoms with Crippen LogP contribution in [0.25, 0.3) is 22.2 Å². The van der Waals surface area contributed by atoms with Crippen molar-refractivity contribution in [3.05, 3.63) is 83.7 Å². The molecule has 0 unspecified atom stereocenters. The van der Waals surface area contributed by atoms with Crippen LogP contribution in [0.3, 0.4) is 0 Å². The second-order valence-electron chi connectivity index (χ2n) is 9.47. The summed E-state index contributed by atoms with van der Waals surface area (Å²) in [6.45, 7) is -0.206. The molecule has 9 nitrogen and oxygen atoms in total. The van der Waals surface area contributed by atoms with Crippen molar-refractivity contribution >= 4 is 46.0 Å². The smallest absolute Gasteiger partial charge is 0.251 e. The number of rotatable bonds is 8. The number of aromatic amines is 1. The van der Waals surface area contributed by atoms with E-state index in [9.17, 15) is 9.59 Å². The van der Waals surface area contributed by atoms with E-state index in [1.54, 1.807) is 30.5 Å². The minimum Gasteiger partial charge on any atom is -0.392 e. The van der Waals surface area contributed by atoms with E-state index in [4.69, 9.17) is 21.7 Å². The summed E-state index contributed by atoms with van der Waals surface area (Å²) in [6.07, 6.45) is 9.66. The first-order chi connectivity index (χ1) is 19.0. The fraction of sp³-hybridized carbons (Fsp3) is 0.241.